The van der Waals surface area contributed by atoms with E-state index in [9.17, 15) is 19.7 Å². The summed E-state index contributed by atoms with van der Waals surface area (Å²) in [6.07, 6.45) is 9.00. The molecule has 186 valence electrons. The number of carbonyl (C=O) groups is 2. The highest BCUT2D eigenvalue weighted by atomic mass is 32.2. The molecule has 0 saturated heterocycles. The maximum Gasteiger partial charge on any atom is 0.338 e. The molecule has 4 saturated carbocycles. The number of aryl methyl sites for hydroxylation is 1. The Hall–Kier alpha value is -2.95. The Kier molecular flexibility index (Phi) is 6.29. The van der Waals surface area contributed by atoms with E-state index in [1.807, 2.05) is 0 Å². The second-order valence-electron chi connectivity index (χ2n) is 10.4. The van der Waals surface area contributed by atoms with Gasteiger partial charge in [-0.25, -0.2) is 4.79 Å². The lowest BCUT2D eigenvalue weighted by molar-refractivity contribution is -0.387. The molecule has 11 heteroatoms. The smallest absolute Gasteiger partial charge is 0.338 e. The molecule has 1 heterocycles. The number of hydrogen-bond donors (Lipinski definition) is 1. The van der Waals surface area contributed by atoms with Crippen LogP contribution < -0.4 is 5.32 Å². The predicted molar refractivity (Wildman–Crippen MR) is 127 cm³/mol. The average Bonchev–Trinajstić information content (AvgIpc) is 3.21. The minimum absolute atomic E-state index is 0.0148. The average molecular weight is 500 g/mol. The van der Waals surface area contributed by atoms with Crippen LogP contribution in [-0.2, 0) is 16.6 Å². The lowest BCUT2D eigenvalue weighted by Gasteiger charge is -2.59. The summed E-state index contributed by atoms with van der Waals surface area (Å²) in [5, 5.41) is 22.8. The topological polar surface area (TPSA) is 129 Å². The molecule has 4 fully saturated rings. The molecule has 4 aliphatic carbocycles. The van der Waals surface area contributed by atoms with Crippen LogP contribution in [-0.4, -0.2) is 44.2 Å². The fourth-order valence-corrected chi connectivity index (χ4v) is 7.55. The van der Waals surface area contributed by atoms with E-state index in [4.69, 9.17) is 4.74 Å². The maximum atomic E-state index is 12.6. The highest BCUT2D eigenvalue weighted by Crippen LogP contribution is 2.61. The molecule has 1 atom stereocenters. The van der Waals surface area contributed by atoms with Gasteiger partial charge in [-0.3, -0.25) is 14.9 Å². The van der Waals surface area contributed by atoms with Crippen molar-refractivity contribution in [2.45, 2.75) is 61.5 Å². The number of amides is 1. The van der Waals surface area contributed by atoms with Crippen LogP contribution in [0.1, 0.15) is 55.8 Å². The first-order chi connectivity index (χ1) is 16.7. The first-order valence-electron chi connectivity index (χ1n) is 12.0. The number of nitro groups is 1. The molecule has 2 aromatic rings. The number of hydrogen-bond acceptors (Lipinski definition) is 8. The SMILES string of the molecule is CC(NC(=O)COC(=O)c1ccc(Sc2nncn2C)c([N+](=O)[O-])c1)C12CC3CC(CC(C3)C1)C2. The van der Waals surface area contributed by atoms with Crippen LogP contribution >= 0.6 is 11.8 Å². The Bertz CT molecular complexity index is 1130. The Balaban J connectivity index is 1.19. The standard InChI is InChI=1S/C24H29N5O5S/c1-14(24-9-15-5-16(10-24)7-17(6-15)11-24)26-21(30)12-34-22(31)18-3-4-20(19(8-18)29(32)33)35-23-27-25-13-28(23)2/h3-4,8,13-17H,5-7,9-12H2,1-2H3,(H,26,30). The maximum absolute atomic E-state index is 12.6. The van der Waals surface area contributed by atoms with Crippen LogP contribution in [0.15, 0.2) is 34.6 Å². The van der Waals surface area contributed by atoms with Gasteiger partial charge < -0.3 is 14.6 Å². The minimum atomic E-state index is -0.777. The van der Waals surface area contributed by atoms with Crippen LogP contribution in [0.2, 0.25) is 0 Å². The lowest BCUT2D eigenvalue weighted by Crippen LogP contribution is -2.56. The summed E-state index contributed by atoms with van der Waals surface area (Å²) in [5.41, 5.74) is -0.0704. The minimum Gasteiger partial charge on any atom is -0.452 e. The van der Waals surface area contributed by atoms with Gasteiger partial charge in [-0.15, -0.1) is 10.2 Å². The van der Waals surface area contributed by atoms with Gasteiger partial charge in [-0.1, -0.05) is 0 Å². The number of aromatic nitrogens is 3. The largest absolute Gasteiger partial charge is 0.452 e. The number of nitro benzene ring substituents is 1. The van der Waals surface area contributed by atoms with E-state index in [0.29, 0.717) is 10.1 Å². The molecule has 1 N–H and O–H groups in total. The van der Waals surface area contributed by atoms with Crippen molar-refractivity contribution in [1.82, 2.24) is 20.1 Å². The number of nitrogens with zero attached hydrogens (tertiary/aromatic N) is 4. The zero-order chi connectivity index (χ0) is 24.7. The Morgan fingerprint density at radius 3 is 2.49 bits per heavy atom. The van der Waals surface area contributed by atoms with E-state index >= 15 is 0 Å². The van der Waals surface area contributed by atoms with Crippen LogP contribution in [0.3, 0.4) is 0 Å². The van der Waals surface area contributed by atoms with Crippen molar-refractivity contribution < 1.29 is 19.2 Å². The van der Waals surface area contributed by atoms with Gasteiger partial charge in [0.2, 0.25) is 0 Å². The van der Waals surface area contributed by atoms with E-state index in [1.165, 1.54) is 57.0 Å². The number of benzene rings is 1. The third kappa shape index (κ3) is 4.78. The summed E-state index contributed by atoms with van der Waals surface area (Å²) in [4.78, 5) is 36.5. The van der Waals surface area contributed by atoms with E-state index in [-0.39, 0.29) is 28.6 Å². The third-order valence-corrected chi connectivity index (χ3v) is 9.10. The molecule has 0 radical (unpaired) electrons. The lowest BCUT2D eigenvalue weighted by atomic mass is 9.48. The van der Waals surface area contributed by atoms with Gasteiger partial charge in [0.05, 0.1) is 15.4 Å². The highest BCUT2D eigenvalue weighted by molar-refractivity contribution is 7.99. The van der Waals surface area contributed by atoms with Crippen molar-refractivity contribution in [2.24, 2.45) is 30.2 Å². The van der Waals surface area contributed by atoms with E-state index in [1.54, 1.807) is 11.6 Å². The van der Waals surface area contributed by atoms with Gasteiger partial charge in [0.25, 0.3) is 11.6 Å². The second-order valence-corrected chi connectivity index (χ2v) is 11.4. The molecular weight excluding hydrogens is 470 g/mol. The summed E-state index contributed by atoms with van der Waals surface area (Å²) in [5.74, 6) is 1.23. The molecule has 1 amide bonds. The van der Waals surface area contributed by atoms with Crippen molar-refractivity contribution in [1.29, 1.82) is 0 Å². The Morgan fingerprint density at radius 2 is 1.91 bits per heavy atom. The van der Waals surface area contributed by atoms with Crippen LogP contribution in [0.5, 0.6) is 0 Å². The first kappa shape index (κ1) is 23.8. The van der Waals surface area contributed by atoms with Gasteiger partial charge >= 0.3 is 5.97 Å². The summed E-state index contributed by atoms with van der Waals surface area (Å²) < 4.78 is 6.84. The molecular formula is C24H29N5O5S. The van der Waals surface area contributed by atoms with Crippen molar-refractivity contribution in [2.75, 3.05) is 6.61 Å². The third-order valence-electron chi connectivity index (χ3n) is 7.98. The molecule has 4 aliphatic rings. The van der Waals surface area contributed by atoms with Gasteiger partial charge in [0, 0.05) is 19.2 Å². The quantitative estimate of drug-likeness (QED) is 0.330. The number of nitrogens with one attached hydrogen (secondary N) is 1. The predicted octanol–water partition coefficient (Wildman–Crippen LogP) is 3.75. The number of esters is 1. The van der Waals surface area contributed by atoms with Crippen LogP contribution in [0, 0.1) is 33.3 Å². The van der Waals surface area contributed by atoms with Crippen molar-refractivity contribution >= 4 is 29.3 Å². The van der Waals surface area contributed by atoms with E-state index in [0.717, 1.165) is 35.6 Å². The second kappa shape index (κ2) is 9.25. The Labute approximate surface area is 207 Å². The first-order valence-corrected chi connectivity index (χ1v) is 12.8. The zero-order valence-corrected chi connectivity index (χ0v) is 20.6. The van der Waals surface area contributed by atoms with Gasteiger partial charge in [-0.05, 0) is 92.5 Å². The molecule has 4 bridgehead atoms. The zero-order valence-electron chi connectivity index (χ0n) is 19.8. The van der Waals surface area contributed by atoms with Gasteiger partial charge in [0.15, 0.2) is 11.8 Å². The number of ether oxygens (including phenoxy) is 1. The van der Waals surface area contributed by atoms with Crippen molar-refractivity contribution in [3.63, 3.8) is 0 Å². The molecule has 35 heavy (non-hydrogen) atoms. The number of carbonyl (C=O) groups excluding carboxylic acids is 2. The Morgan fingerprint density at radius 1 is 1.26 bits per heavy atom. The molecule has 0 aliphatic heterocycles. The molecule has 10 nitrogen and oxygen atoms in total. The monoisotopic (exact) mass is 499 g/mol. The summed E-state index contributed by atoms with van der Waals surface area (Å²) >= 11 is 1.08. The van der Waals surface area contributed by atoms with E-state index in [2.05, 4.69) is 22.4 Å². The summed E-state index contributed by atoms with van der Waals surface area (Å²) in [7, 11) is 1.73. The van der Waals surface area contributed by atoms with E-state index < -0.39 is 17.5 Å². The molecule has 1 unspecified atom stereocenters. The molecule has 0 spiro atoms. The van der Waals surface area contributed by atoms with Crippen LogP contribution in [0.4, 0.5) is 5.69 Å². The summed E-state index contributed by atoms with van der Waals surface area (Å²) in [6, 6.07) is 4.12. The molecule has 6 rings (SSSR count). The fourth-order valence-electron chi connectivity index (χ4n) is 6.70. The summed E-state index contributed by atoms with van der Waals surface area (Å²) in [6.45, 7) is 1.66. The van der Waals surface area contributed by atoms with Crippen molar-refractivity contribution in [3.05, 3.63) is 40.2 Å². The fraction of sp³-hybridized carbons (Fsp3) is 0.583. The van der Waals surface area contributed by atoms with Gasteiger partial charge in [-0.2, -0.15) is 0 Å². The highest BCUT2D eigenvalue weighted by Gasteiger charge is 2.53. The van der Waals surface area contributed by atoms with Crippen molar-refractivity contribution in [3.8, 4) is 0 Å². The molecule has 1 aromatic carbocycles. The molecule has 1 aromatic heterocycles. The van der Waals surface area contributed by atoms with Crippen LogP contribution in [0.25, 0.3) is 0 Å². The van der Waals surface area contributed by atoms with Gasteiger partial charge in [0.1, 0.15) is 6.33 Å². The number of rotatable bonds is 8. The normalized spacial score (nSPS) is 27.4.